The summed E-state index contributed by atoms with van der Waals surface area (Å²) in [5, 5.41) is 20.2. The first kappa shape index (κ1) is 16.7. The molecule has 0 saturated carbocycles. The Labute approximate surface area is 119 Å². The first-order chi connectivity index (χ1) is 9.25. The van der Waals surface area contributed by atoms with E-state index >= 15 is 0 Å². The Balaban J connectivity index is 2.48. The van der Waals surface area contributed by atoms with Gasteiger partial charge in [0.15, 0.2) is 0 Å². The molecule has 0 bridgehead atoms. The molecule has 1 rings (SSSR count). The molecule has 1 saturated heterocycles. The lowest BCUT2D eigenvalue weighted by molar-refractivity contribution is -0.139. The summed E-state index contributed by atoms with van der Waals surface area (Å²) in [6.07, 6.45) is 0.0169. The minimum Gasteiger partial charge on any atom is -0.480 e. The number of nitrogens with zero attached hydrogens (tertiary/aromatic N) is 2. The molecule has 1 atom stereocenters. The third-order valence-corrected chi connectivity index (χ3v) is 3.53. The van der Waals surface area contributed by atoms with Gasteiger partial charge >= 0.3 is 12.0 Å². The van der Waals surface area contributed by atoms with Crippen molar-refractivity contribution in [2.45, 2.75) is 38.8 Å². The van der Waals surface area contributed by atoms with Crippen molar-refractivity contribution in [1.82, 2.24) is 15.1 Å². The van der Waals surface area contributed by atoms with E-state index in [4.69, 9.17) is 10.2 Å². The normalized spacial score (nSPS) is 18.7. The summed E-state index contributed by atoms with van der Waals surface area (Å²) in [7, 11) is 0. The highest BCUT2D eigenvalue weighted by Gasteiger charge is 2.29. The molecule has 20 heavy (non-hydrogen) atoms. The molecule has 0 aliphatic carbocycles. The van der Waals surface area contributed by atoms with Gasteiger partial charge in [-0.2, -0.15) is 0 Å². The lowest BCUT2D eigenvalue weighted by atomic mass is 10.1. The average Bonchev–Trinajstić information content (AvgIpc) is 2.37. The summed E-state index contributed by atoms with van der Waals surface area (Å²) in [5.41, 5.74) is 0.0725. The first-order valence-corrected chi connectivity index (χ1v) is 6.90. The molecular weight excluding hydrogens is 262 g/mol. The van der Waals surface area contributed by atoms with Crippen LogP contribution in [0.4, 0.5) is 4.79 Å². The highest BCUT2D eigenvalue weighted by atomic mass is 16.4. The molecule has 7 nitrogen and oxygen atoms in total. The van der Waals surface area contributed by atoms with Crippen LogP contribution >= 0.6 is 0 Å². The maximum absolute atomic E-state index is 12.0. The molecule has 0 aromatic rings. The number of rotatable bonds is 4. The number of carbonyl (C=O) groups is 2. The number of carboxylic acid groups (broad SMARTS) is 1. The molecule has 116 valence electrons. The molecule has 0 unspecified atom stereocenters. The summed E-state index contributed by atoms with van der Waals surface area (Å²) < 4.78 is 0. The Morgan fingerprint density at radius 1 is 1.20 bits per heavy atom. The van der Waals surface area contributed by atoms with Crippen LogP contribution in [-0.4, -0.2) is 76.4 Å². The Kier molecular flexibility index (Phi) is 5.76. The van der Waals surface area contributed by atoms with Crippen LogP contribution in [0.1, 0.15) is 27.2 Å². The van der Waals surface area contributed by atoms with E-state index in [9.17, 15) is 9.59 Å². The van der Waals surface area contributed by atoms with Gasteiger partial charge in [-0.05, 0) is 20.8 Å². The van der Waals surface area contributed by atoms with Gasteiger partial charge < -0.3 is 20.4 Å². The van der Waals surface area contributed by atoms with Crippen molar-refractivity contribution in [2.24, 2.45) is 0 Å². The highest BCUT2D eigenvalue weighted by Crippen LogP contribution is 2.15. The van der Waals surface area contributed by atoms with E-state index in [2.05, 4.69) is 31.0 Å². The van der Waals surface area contributed by atoms with Gasteiger partial charge in [0.2, 0.25) is 0 Å². The Bertz CT molecular complexity index is 346. The summed E-state index contributed by atoms with van der Waals surface area (Å²) in [4.78, 5) is 26.8. The van der Waals surface area contributed by atoms with Crippen molar-refractivity contribution in [3.05, 3.63) is 0 Å². The molecule has 1 fully saturated rings. The number of carboxylic acids is 1. The average molecular weight is 287 g/mol. The van der Waals surface area contributed by atoms with Gasteiger partial charge in [0, 0.05) is 44.7 Å². The van der Waals surface area contributed by atoms with Crippen LogP contribution in [-0.2, 0) is 4.79 Å². The number of nitrogens with one attached hydrogen (secondary N) is 1. The van der Waals surface area contributed by atoms with Crippen LogP contribution in [0.15, 0.2) is 0 Å². The third kappa shape index (κ3) is 4.64. The topological polar surface area (TPSA) is 93.1 Å². The maximum Gasteiger partial charge on any atom is 0.326 e. The van der Waals surface area contributed by atoms with Crippen molar-refractivity contribution in [2.75, 3.05) is 32.8 Å². The van der Waals surface area contributed by atoms with Crippen LogP contribution < -0.4 is 5.32 Å². The zero-order valence-electron chi connectivity index (χ0n) is 12.4. The monoisotopic (exact) mass is 287 g/mol. The van der Waals surface area contributed by atoms with E-state index in [1.165, 1.54) is 0 Å². The largest absolute Gasteiger partial charge is 0.480 e. The summed E-state index contributed by atoms with van der Waals surface area (Å²) >= 11 is 0. The minimum absolute atomic E-state index is 0.0169. The van der Waals surface area contributed by atoms with Crippen molar-refractivity contribution < 1.29 is 19.8 Å². The summed E-state index contributed by atoms with van der Waals surface area (Å²) in [6.45, 7) is 8.82. The maximum atomic E-state index is 12.0. The van der Waals surface area contributed by atoms with Crippen molar-refractivity contribution in [3.8, 4) is 0 Å². The minimum atomic E-state index is -1.12. The fourth-order valence-corrected chi connectivity index (χ4v) is 2.21. The summed E-state index contributed by atoms with van der Waals surface area (Å²) in [5.74, 6) is -1.12. The van der Waals surface area contributed by atoms with Crippen molar-refractivity contribution in [3.63, 3.8) is 0 Å². The molecule has 3 N–H and O–H groups in total. The predicted octanol–water partition coefficient (Wildman–Crippen LogP) is -0.0523. The van der Waals surface area contributed by atoms with Crippen LogP contribution in [0.25, 0.3) is 0 Å². The number of piperazine rings is 1. The molecule has 1 aliphatic heterocycles. The van der Waals surface area contributed by atoms with E-state index in [-0.39, 0.29) is 24.6 Å². The van der Waals surface area contributed by atoms with Crippen LogP contribution in [0.3, 0.4) is 0 Å². The molecular formula is C13H25N3O4. The molecule has 7 heteroatoms. The smallest absolute Gasteiger partial charge is 0.326 e. The van der Waals surface area contributed by atoms with E-state index < -0.39 is 12.0 Å². The molecule has 1 heterocycles. The van der Waals surface area contributed by atoms with E-state index in [0.29, 0.717) is 13.1 Å². The van der Waals surface area contributed by atoms with Gasteiger partial charge in [0.1, 0.15) is 6.04 Å². The van der Waals surface area contributed by atoms with E-state index in [1.54, 1.807) is 4.90 Å². The van der Waals surface area contributed by atoms with Crippen molar-refractivity contribution >= 4 is 12.0 Å². The van der Waals surface area contributed by atoms with E-state index in [0.717, 1.165) is 13.1 Å². The number of hydrogen-bond donors (Lipinski definition) is 3. The van der Waals surface area contributed by atoms with E-state index in [1.807, 2.05) is 0 Å². The fraction of sp³-hybridized carbons (Fsp3) is 0.846. The third-order valence-electron chi connectivity index (χ3n) is 3.53. The first-order valence-electron chi connectivity index (χ1n) is 6.90. The standard InChI is InChI=1S/C13H25N3O4/c1-13(2,3)16-7-5-15(6-8-16)12(20)14-10(4-9-17)11(18)19/h10,17H,4-9H2,1-3H3,(H,14,20)(H,18,19)/t10-/m0/s1. The number of amides is 2. The molecule has 0 spiro atoms. The fourth-order valence-electron chi connectivity index (χ4n) is 2.21. The van der Waals surface area contributed by atoms with Gasteiger partial charge in [-0.15, -0.1) is 0 Å². The quantitative estimate of drug-likeness (QED) is 0.674. The number of aliphatic carboxylic acids is 1. The number of urea groups is 1. The van der Waals surface area contributed by atoms with Crippen LogP contribution in [0.5, 0.6) is 0 Å². The van der Waals surface area contributed by atoms with Gasteiger partial charge in [-0.1, -0.05) is 0 Å². The van der Waals surface area contributed by atoms with Crippen LogP contribution in [0, 0.1) is 0 Å². The molecule has 1 aliphatic rings. The number of carbonyl (C=O) groups excluding carboxylic acids is 1. The lowest BCUT2D eigenvalue weighted by Gasteiger charge is -2.42. The Hall–Kier alpha value is -1.34. The second kappa shape index (κ2) is 6.90. The Morgan fingerprint density at radius 3 is 2.15 bits per heavy atom. The number of aliphatic hydroxyl groups excluding tert-OH is 1. The second-order valence-electron chi connectivity index (χ2n) is 6.00. The SMILES string of the molecule is CC(C)(C)N1CCN(C(=O)N[C@@H](CCO)C(=O)O)CC1. The molecule has 0 radical (unpaired) electrons. The molecule has 2 amide bonds. The zero-order valence-corrected chi connectivity index (χ0v) is 12.4. The van der Waals surface area contributed by atoms with Crippen molar-refractivity contribution in [1.29, 1.82) is 0 Å². The van der Waals surface area contributed by atoms with Gasteiger partial charge in [0.25, 0.3) is 0 Å². The Morgan fingerprint density at radius 2 is 1.75 bits per heavy atom. The second-order valence-corrected chi connectivity index (χ2v) is 6.00. The zero-order chi connectivity index (χ0) is 15.3. The number of aliphatic hydroxyl groups is 1. The lowest BCUT2D eigenvalue weighted by Crippen LogP contribution is -2.58. The molecule has 0 aromatic heterocycles. The predicted molar refractivity (Wildman–Crippen MR) is 74.6 cm³/mol. The number of hydrogen-bond acceptors (Lipinski definition) is 4. The van der Waals surface area contributed by atoms with Gasteiger partial charge in [-0.25, -0.2) is 9.59 Å². The summed E-state index contributed by atoms with van der Waals surface area (Å²) in [6, 6.07) is -1.41. The van der Waals surface area contributed by atoms with Gasteiger partial charge in [-0.3, -0.25) is 4.90 Å². The highest BCUT2D eigenvalue weighted by molar-refractivity contribution is 5.82. The molecule has 0 aromatic carbocycles. The van der Waals surface area contributed by atoms with Gasteiger partial charge in [0.05, 0.1) is 0 Å². The van der Waals surface area contributed by atoms with Crippen LogP contribution in [0.2, 0.25) is 0 Å².